The van der Waals surface area contributed by atoms with Gasteiger partial charge in [0.2, 0.25) is 11.6 Å². The van der Waals surface area contributed by atoms with Gasteiger partial charge >= 0.3 is 0 Å². The lowest BCUT2D eigenvalue weighted by atomic mass is 9.93. The number of ether oxygens (including phenoxy) is 3. The quantitative estimate of drug-likeness (QED) is 0.0649. The van der Waals surface area contributed by atoms with E-state index in [2.05, 4.69) is 6.58 Å². The van der Waals surface area contributed by atoms with Gasteiger partial charge in [0, 0.05) is 34.4 Å². The average molecular weight is 673 g/mol. The van der Waals surface area contributed by atoms with Gasteiger partial charge in [-0.1, -0.05) is 18.9 Å². The summed E-state index contributed by atoms with van der Waals surface area (Å²) in [6, 6.07) is 12.6. The van der Waals surface area contributed by atoms with Crippen LogP contribution in [0.4, 0.5) is 26.3 Å². The molecule has 256 valence electrons. The summed E-state index contributed by atoms with van der Waals surface area (Å²) in [5.74, 6) is -6.72. The minimum atomic E-state index is -1.44. The Hall–Kier alpha value is -4.60. The van der Waals surface area contributed by atoms with E-state index in [0.29, 0.717) is 24.9 Å². The summed E-state index contributed by atoms with van der Waals surface area (Å²) < 4.78 is 103. The third-order valence-electron chi connectivity index (χ3n) is 7.92. The number of benzene rings is 4. The molecule has 0 bridgehead atoms. The van der Waals surface area contributed by atoms with Crippen LogP contribution >= 0.6 is 0 Å². The second-order valence-corrected chi connectivity index (χ2v) is 11.3. The molecule has 1 N–H and O–H groups in total. The molecular formula is C38H38F6O4. The first-order valence-corrected chi connectivity index (χ1v) is 15.9. The summed E-state index contributed by atoms with van der Waals surface area (Å²) in [6.07, 6.45) is 7.82. The van der Waals surface area contributed by atoms with Crippen LogP contribution in [0, 0.1) is 40.8 Å². The summed E-state index contributed by atoms with van der Waals surface area (Å²) >= 11 is 0. The maximum absolute atomic E-state index is 14.8. The molecular weight excluding hydrogens is 634 g/mol. The molecule has 0 radical (unpaired) electrons. The van der Waals surface area contributed by atoms with E-state index in [1.54, 1.807) is 6.92 Å². The summed E-state index contributed by atoms with van der Waals surface area (Å²) in [6.45, 7) is 6.39. The molecule has 4 aromatic carbocycles. The normalized spacial score (nSPS) is 11.7. The van der Waals surface area contributed by atoms with Gasteiger partial charge in [-0.25, -0.2) is 17.6 Å². The van der Waals surface area contributed by atoms with E-state index in [1.165, 1.54) is 36.4 Å². The van der Waals surface area contributed by atoms with E-state index in [9.17, 15) is 31.4 Å². The number of hydrogen-bond acceptors (Lipinski definition) is 4. The maximum atomic E-state index is 14.8. The molecule has 0 amide bonds. The van der Waals surface area contributed by atoms with Crippen molar-refractivity contribution >= 4 is 0 Å². The Kier molecular flexibility index (Phi) is 13.2. The summed E-state index contributed by atoms with van der Waals surface area (Å²) in [5.41, 5.74) is -0.721. The van der Waals surface area contributed by atoms with Crippen molar-refractivity contribution in [2.24, 2.45) is 5.92 Å². The molecule has 0 aliphatic carbocycles. The minimum absolute atomic E-state index is 0.0790. The van der Waals surface area contributed by atoms with Gasteiger partial charge in [0.1, 0.15) is 23.1 Å². The average Bonchev–Trinajstić information content (AvgIpc) is 3.06. The largest absolute Gasteiger partial charge is 0.505 e. The second-order valence-electron chi connectivity index (χ2n) is 11.3. The number of allylic oxidation sites excluding steroid dienone is 1. The Morgan fingerprint density at radius 1 is 0.625 bits per heavy atom. The lowest BCUT2D eigenvalue weighted by molar-refractivity contribution is 0.285. The molecule has 0 aliphatic rings. The van der Waals surface area contributed by atoms with E-state index in [1.807, 2.05) is 6.08 Å². The highest BCUT2D eigenvalue weighted by Gasteiger charge is 2.19. The molecule has 0 saturated carbocycles. The van der Waals surface area contributed by atoms with E-state index in [4.69, 9.17) is 14.2 Å². The zero-order valence-electron chi connectivity index (χ0n) is 26.6. The van der Waals surface area contributed by atoms with Crippen LogP contribution in [0.15, 0.2) is 73.3 Å². The molecule has 48 heavy (non-hydrogen) atoms. The molecule has 10 heteroatoms. The molecule has 4 nitrogen and oxygen atoms in total. The molecule has 0 spiro atoms. The van der Waals surface area contributed by atoms with Gasteiger partial charge in [0.25, 0.3) is 0 Å². The zero-order valence-corrected chi connectivity index (χ0v) is 26.6. The van der Waals surface area contributed by atoms with Crippen molar-refractivity contribution in [2.75, 3.05) is 19.8 Å². The topological polar surface area (TPSA) is 47.9 Å². The third-order valence-corrected chi connectivity index (χ3v) is 7.92. The number of halogens is 6. The van der Waals surface area contributed by atoms with Crippen molar-refractivity contribution in [3.8, 4) is 45.3 Å². The smallest absolute Gasteiger partial charge is 0.201 e. The highest BCUT2D eigenvalue weighted by Crippen LogP contribution is 2.34. The molecule has 4 aromatic rings. The van der Waals surface area contributed by atoms with Gasteiger partial charge in [-0.15, -0.1) is 6.58 Å². The monoisotopic (exact) mass is 672 g/mol. The van der Waals surface area contributed by atoms with Crippen LogP contribution in [-0.4, -0.2) is 24.9 Å². The Morgan fingerprint density at radius 2 is 1.12 bits per heavy atom. The van der Waals surface area contributed by atoms with Gasteiger partial charge in [0.05, 0.1) is 19.8 Å². The molecule has 4 rings (SSSR count). The predicted octanol–water partition coefficient (Wildman–Crippen LogP) is 11.0. The zero-order chi connectivity index (χ0) is 34.6. The first-order valence-electron chi connectivity index (χ1n) is 15.9. The van der Waals surface area contributed by atoms with Gasteiger partial charge in [-0.2, -0.15) is 8.78 Å². The Labute approximate surface area is 276 Å². The predicted molar refractivity (Wildman–Crippen MR) is 173 cm³/mol. The van der Waals surface area contributed by atoms with Gasteiger partial charge in [-0.05, 0) is 93.5 Å². The number of unbranched alkanes of at least 4 members (excludes halogenated alkanes) is 2. The highest BCUT2D eigenvalue weighted by atomic mass is 19.2. The molecule has 0 saturated heterocycles. The van der Waals surface area contributed by atoms with Crippen molar-refractivity contribution < 1.29 is 45.7 Å². The molecule has 0 fully saturated rings. The first-order chi connectivity index (χ1) is 23.1. The fourth-order valence-electron chi connectivity index (χ4n) is 5.43. The van der Waals surface area contributed by atoms with E-state index in [0.717, 1.165) is 69.2 Å². The summed E-state index contributed by atoms with van der Waals surface area (Å²) in [4.78, 5) is 0. The van der Waals surface area contributed by atoms with E-state index in [-0.39, 0.29) is 40.4 Å². The first kappa shape index (κ1) is 36.2. The lowest BCUT2D eigenvalue weighted by Gasteiger charge is -2.15. The number of phenols is 1. The fraction of sp³-hybridized carbons (Fsp3) is 0.316. The van der Waals surface area contributed by atoms with Crippen LogP contribution in [0.3, 0.4) is 0 Å². The van der Waals surface area contributed by atoms with Crippen LogP contribution in [0.1, 0.15) is 51.9 Å². The number of aromatic hydroxyl groups is 1. The van der Waals surface area contributed by atoms with Crippen molar-refractivity contribution in [3.05, 3.63) is 108 Å². The lowest BCUT2D eigenvalue weighted by Crippen LogP contribution is -2.04. The molecule has 0 heterocycles. The van der Waals surface area contributed by atoms with Crippen molar-refractivity contribution in [1.82, 2.24) is 0 Å². The third kappa shape index (κ3) is 9.27. The molecule has 1 atom stereocenters. The van der Waals surface area contributed by atoms with Crippen LogP contribution in [0.5, 0.6) is 23.0 Å². The van der Waals surface area contributed by atoms with Crippen molar-refractivity contribution in [2.45, 2.75) is 51.9 Å². The highest BCUT2D eigenvalue weighted by molar-refractivity contribution is 5.67. The SMILES string of the molecule is C=CCC(CCCCOc1ccc(-c2ccc(O)c(F)c2F)c(F)c1)CCCCOc1ccc(-c2ccc(OCC)c(F)c2F)c(F)c1. The Bertz CT molecular complexity index is 1690. The second kappa shape index (κ2) is 17.5. The van der Waals surface area contributed by atoms with Crippen LogP contribution in [0.2, 0.25) is 0 Å². The van der Waals surface area contributed by atoms with Crippen molar-refractivity contribution in [3.63, 3.8) is 0 Å². The molecule has 0 aromatic heterocycles. The number of rotatable bonds is 18. The number of phenolic OH excluding ortho intramolecular Hbond substituents is 1. The Balaban J connectivity index is 1.17. The molecule has 0 aliphatic heterocycles. The van der Waals surface area contributed by atoms with E-state index >= 15 is 0 Å². The van der Waals surface area contributed by atoms with Gasteiger partial charge < -0.3 is 19.3 Å². The van der Waals surface area contributed by atoms with Gasteiger partial charge in [-0.3, -0.25) is 0 Å². The standard InChI is InChI=1S/C38H38F6O4/c1-3-9-24(10-5-7-20-47-25-12-14-27(31(39)22-25)29-16-18-33(45)37(43)35(29)41)11-6-8-21-48-26-13-15-28(32(40)23-26)30-17-19-34(46-4-2)38(44)36(30)42/h3,12-19,22-24,45H,1,4-11,20-21H2,2H3. The van der Waals surface area contributed by atoms with Crippen LogP contribution in [-0.2, 0) is 0 Å². The van der Waals surface area contributed by atoms with E-state index < -0.39 is 40.7 Å². The van der Waals surface area contributed by atoms with Crippen LogP contribution in [0.25, 0.3) is 22.3 Å². The van der Waals surface area contributed by atoms with Crippen molar-refractivity contribution in [1.29, 1.82) is 0 Å². The molecule has 1 unspecified atom stereocenters. The summed E-state index contributed by atoms with van der Waals surface area (Å²) in [7, 11) is 0. The Morgan fingerprint density at radius 3 is 1.62 bits per heavy atom. The fourth-order valence-corrected chi connectivity index (χ4v) is 5.43. The van der Waals surface area contributed by atoms with Crippen LogP contribution < -0.4 is 14.2 Å². The maximum Gasteiger partial charge on any atom is 0.201 e. The number of hydrogen-bond donors (Lipinski definition) is 1. The minimum Gasteiger partial charge on any atom is -0.505 e. The van der Waals surface area contributed by atoms with Gasteiger partial charge in [0.15, 0.2) is 23.1 Å². The summed E-state index contributed by atoms with van der Waals surface area (Å²) in [5, 5.41) is 9.30.